The second-order valence-electron chi connectivity index (χ2n) is 4.94. The molecule has 1 heterocycles. The number of fused-ring (bicyclic) bond motifs is 1. The number of aromatic amines is 1. The second-order valence-corrected chi connectivity index (χ2v) is 5.79. The highest BCUT2D eigenvalue weighted by Crippen LogP contribution is 2.40. The van der Waals surface area contributed by atoms with E-state index in [1.54, 1.807) is 0 Å². The number of nitro benzene ring substituents is 1. The molecule has 25 heavy (non-hydrogen) atoms. The molecule has 2 N–H and O–H groups in total. The fraction of sp³-hybridized carbons (Fsp3) is 0. The average Bonchev–Trinajstić information content (AvgIpc) is 2.88. The number of rotatable bonds is 3. The van der Waals surface area contributed by atoms with Crippen LogP contribution < -0.4 is 0 Å². The fourth-order valence-electron chi connectivity index (χ4n) is 2.20. The van der Waals surface area contributed by atoms with E-state index in [-0.39, 0.29) is 27.8 Å². The van der Waals surface area contributed by atoms with Gasteiger partial charge in [-0.15, -0.1) is 10.2 Å². The molecule has 0 aliphatic heterocycles. The predicted octanol–water partition coefficient (Wildman–Crippen LogP) is 5.01. The smallest absolute Gasteiger partial charge is 0.295 e. The van der Waals surface area contributed by atoms with Gasteiger partial charge in [0, 0.05) is 22.5 Å². The van der Waals surface area contributed by atoms with E-state index in [0.29, 0.717) is 15.9 Å². The number of H-pyrrole nitrogens is 1. The summed E-state index contributed by atoms with van der Waals surface area (Å²) in [6.07, 6.45) is 0. The first-order chi connectivity index (χ1) is 11.9. The molecule has 1 aromatic heterocycles. The van der Waals surface area contributed by atoms with Crippen LogP contribution in [0.5, 0.6) is 5.88 Å². The minimum Gasteiger partial charge on any atom is -0.493 e. The van der Waals surface area contributed by atoms with Crippen molar-refractivity contribution in [3.8, 4) is 5.88 Å². The standard InChI is InChI=1S/C15H8Cl2N4O4/c16-8-5-10-12(11(17)6-8)18-15(23)13(10)19-20-14(22)7-2-1-3-9(4-7)21(24)25/h1-6,18,23H. The molecule has 0 bridgehead atoms. The molecule has 0 saturated heterocycles. The number of aromatic nitrogens is 1. The molecule has 10 heteroatoms. The van der Waals surface area contributed by atoms with Crippen LogP contribution in [0.1, 0.15) is 10.4 Å². The van der Waals surface area contributed by atoms with Crippen LogP contribution in [-0.2, 0) is 0 Å². The van der Waals surface area contributed by atoms with Crippen molar-refractivity contribution in [3.05, 3.63) is 62.1 Å². The first kappa shape index (κ1) is 16.9. The number of nitrogens with one attached hydrogen (secondary N) is 1. The largest absolute Gasteiger partial charge is 0.493 e. The summed E-state index contributed by atoms with van der Waals surface area (Å²) in [6, 6.07) is 8.07. The number of hydrogen-bond donors (Lipinski definition) is 2. The minimum atomic E-state index is -0.800. The molecular weight excluding hydrogens is 371 g/mol. The summed E-state index contributed by atoms with van der Waals surface area (Å²) in [6.45, 7) is 0. The van der Waals surface area contributed by atoms with Gasteiger partial charge in [-0.1, -0.05) is 29.3 Å². The number of carbonyl (C=O) groups is 1. The zero-order chi connectivity index (χ0) is 18.1. The van der Waals surface area contributed by atoms with Gasteiger partial charge in [0.2, 0.25) is 5.88 Å². The number of nitrogens with zero attached hydrogens (tertiary/aromatic N) is 3. The van der Waals surface area contributed by atoms with Crippen molar-refractivity contribution in [2.24, 2.45) is 10.2 Å². The fourth-order valence-corrected chi connectivity index (χ4v) is 2.74. The van der Waals surface area contributed by atoms with E-state index in [9.17, 15) is 20.0 Å². The molecule has 0 aliphatic rings. The summed E-state index contributed by atoms with van der Waals surface area (Å²) in [4.78, 5) is 24.8. The maximum Gasteiger partial charge on any atom is 0.295 e. The number of azo groups is 1. The molecule has 0 fully saturated rings. The zero-order valence-corrected chi connectivity index (χ0v) is 13.7. The summed E-state index contributed by atoms with van der Waals surface area (Å²) < 4.78 is 0. The van der Waals surface area contributed by atoms with Crippen LogP contribution in [0.4, 0.5) is 11.4 Å². The van der Waals surface area contributed by atoms with Crippen molar-refractivity contribution in [2.75, 3.05) is 0 Å². The summed E-state index contributed by atoms with van der Waals surface area (Å²) in [5.74, 6) is -1.14. The van der Waals surface area contributed by atoms with Crippen LogP contribution in [0.15, 0.2) is 46.6 Å². The third kappa shape index (κ3) is 3.30. The Morgan fingerprint density at radius 1 is 1.24 bits per heavy atom. The average molecular weight is 379 g/mol. The topological polar surface area (TPSA) is 121 Å². The SMILES string of the molecule is O=C(N=Nc1c(O)[nH]c2c(Cl)cc(Cl)cc12)c1cccc([N+](=O)[O-])c1. The summed E-state index contributed by atoms with van der Waals surface area (Å²) >= 11 is 12.0. The Bertz CT molecular complexity index is 1050. The summed E-state index contributed by atoms with van der Waals surface area (Å²) in [5, 5.41) is 28.9. The molecule has 0 atom stereocenters. The van der Waals surface area contributed by atoms with E-state index >= 15 is 0 Å². The van der Waals surface area contributed by atoms with Crippen molar-refractivity contribution in [2.45, 2.75) is 0 Å². The number of hydrogen-bond acceptors (Lipinski definition) is 5. The molecular formula is C15H8Cl2N4O4. The van der Waals surface area contributed by atoms with Crippen molar-refractivity contribution in [1.29, 1.82) is 0 Å². The molecule has 0 aliphatic carbocycles. The highest BCUT2D eigenvalue weighted by atomic mass is 35.5. The van der Waals surface area contributed by atoms with Gasteiger partial charge >= 0.3 is 0 Å². The number of amides is 1. The maximum atomic E-state index is 12.1. The van der Waals surface area contributed by atoms with Gasteiger partial charge in [0.05, 0.1) is 21.0 Å². The van der Waals surface area contributed by atoms with E-state index in [4.69, 9.17) is 23.2 Å². The van der Waals surface area contributed by atoms with E-state index in [2.05, 4.69) is 15.2 Å². The Hall–Kier alpha value is -2.97. The van der Waals surface area contributed by atoms with Gasteiger partial charge in [-0.2, -0.15) is 0 Å². The van der Waals surface area contributed by atoms with E-state index in [1.807, 2.05) is 0 Å². The normalized spacial score (nSPS) is 11.3. The molecule has 0 radical (unpaired) electrons. The lowest BCUT2D eigenvalue weighted by molar-refractivity contribution is -0.384. The van der Waals surface area contributed by atoms with Crippen molar-refractivity contribution >= 4 is 51.4 Å². The maximum absolute atomic E-state index is 12.1. The molecule has 0 unspecified atom stereocenters. The number of halogens is 2. The zero-order valence-electron chi connectivity index (χ0n) is 12.2. The van der Waals surface area contributed by atoms with Gasteiger partial charge in [0.1, 0.15) is 0 Å². The van der Waals surface area contributed by atoms with Crippen LogP contribution in [0, 0.1) is 10.1 Å². The molecule has 1 amide bonds. The Morgan fingerprint density at radius 2 is 2.00 bits per heavy atom. The third-order valence-corrected chi connectivity index (χ3v) is 3.84. The van der Waals surface area contributed by atoms with Gasteiger partial charge in [0.15, 0.2) is 5.69 Å². The summed E-state index contributed by atoms with van der Waals surface area (Å²) in [7, 11) is 0. The highest BCUT2D eigenvalue weighted by molar-refractivity contribution is 6.38. The molecule has 126 valence electrons. The summed E-state index contributed by atoms with van der Waals surface area (Å²) in [5.41, 5.74) is 0.126. The van der Waals surface area contributed by atoms with Gasteiger partial charge in [0.25, 0.3) is 11.6 Å². The number of nitro groups is 1. The van der Waals surface area contributed by atoms with E-state index < -0.39 is 10.8 Å². The lowest BCUT2D eigenvalue weighted by Gasteiger charge is -1.97. The molecule has 0 saturated carbocycles. The first-order valence-electron chi connectivity index (χ1n) is 6.77. The lowest BCUT2D eigenvalue weighted by Crippen LogP contribution is -1.95. The van der Waals surface area contributed by atoms with Gasteiger partial charge in [-0.3, -0.25) is 14.9 Å². The van der Waals surface area contributed by atoms with Crippen LogP contribution in [0.25, 0.3) is 10.9 Å². The lowest BCUT2D eigenvalue weighted by atomic mass is 10.2. The molecule has 8 nitrogen and oxygen atoms in total. The van der Waals surface area contributed by atoms with Gasteiger partial charge in [-0.05, 0) is 18.2 Å². The van der Waals surface area contributed by atoms with Crippen molar-refractivity contribution < 1.29 is 14.8 Å². The monoisotopic (exact) mass is 378 g/mol. The van der Waals surface area contributed by atoms with Crippen LogP contribution in [0.3, 0.4) is 0 Å². The number of benzene rings is 2. The Kier molecular flexibility index (Phi) is 4.39. The Labute approximate surface area is 149 Å². The number of aromatic hydroxyl groups is 1. The predicted molar refractivity (Wildman–Crippen MR) is 91.9 cm³/mol. The van der Waals surface area contributed by atoms with E-state index in [1.165, 1.54) is 30.3 Å². The van der Waals surface area contributed by atoms with Gasteiger partial charge < -0.3 is 10.1 Å². The minimum absolute atomic E-state index is 0.00616. The molecule has 0 spiro atoms. The Morgan fingerprint density at radius 3 is 2.72 bits per heavy atom. The Balaban J connectivity index is 1.98. The van der Waals surface area contributed by atoms with Crippen LogP contribution >= 0.6 is 23.2 Å². The number of non-ortho nitro benzene ring substituents is 1. The second kappa shape index (κ2) is 6.50. The molecule has 3 rings (SSSR count). The van der Waals surface area contributed by atoms with Crippen LogP contribution in [0.2, 0.25) is 10.0 Å². The van der Waals surface area contributed by atoms with E-state index in [0.717, 1.165) is 6.07 Å². The quantitative estimate of drug-likeness (QED) is 0.377. The third-order valence-electron chi connectivity index (χ3n) is 3.32. The highest BCUT2D eigenvalue weighted by Gasteiger charge is 2.15. The van der Waals surface area contributed by atoms with Crippen molar-refractivity contribution in [3.63, 3.8) is 0 Å². The molecule has 2 aromatic carbocycles. The molecule has 3 aromatic rings. The van der Waals surface area contributed by atoms with Crippen LogP contribution in [-0.4, -0.2) is 20.9 Å². The number of carbonyl (C=O) groups excluding carboxylic acids is 1. The van der Waals surface area contributed by atoms with Crippen molar-refractivity contribution in [1.82, 2.24) is 4.98 Å². The van der Waals surface area contributed by atoms with Gasteiger partial charge in [-0.25, -0.2) is 0 Å². The first-order valence-corrected chi connectivity index (χ1v) is 7.52.